The van der Waals surface area contributed by atoms with Crippen molar-refractivity contribution in [3.63, 3.8) is 0 Å². The minimum absolute atomic E-state index is 0.235. The second-order valence-electron chi connectivity index (χ2n) is 6.38. The fourth-order valence-corrected chi connectivity index (χ4v) is 3.96. The van der Waals surface area contributed by atoms with Crippen LogP contribution < -0.4 is 4.90 Å². The molecule has 1 amide bonds. The highest BCUT2D eigenvalue weighted by molar-refractivity contribution is 7.14. The monoisotopic (exact) mass is 414 g/mol. The summed E-state index contributed by atoms with van der Waals surface area (Å²) in [7, 11) is 1.62. The summed E-state index contributed by atoms with van der Waals surface area (Å²) in [4.78, 5) is 30.2. The molecule has 0 unspecified atom stereocenters. The molecule has 1 atom stereocenters. The van der Waals surface area contributed by atoms with E-state index in [0.717, 1.165) is 11.1 Å². The van der Waals surface area contributed by atoms with Crippen LogP contribution in [0.25, 0.3) is 11.3 Å². The Morgan fingerprint density at radius 3 is 2.50 bits per heavy atom. The molecule has 3 aromatic rings. The lowest BCUT2D eigenvalue weighted by molar-refractivity contribution is -0.140. The highest BCUT2D eigenvalue weighted by Gasteiger charge is 2.27. The molecule has 0 fully saturated rings. The highest BCUT2D eigenvalue weighted by atomic mass is 35.5. The lowest BCUT2D eigenvalue weighted by Gasteiger charge is -2.21. The van der Waals surface area contributed by atoms with E-state index < -0.39 is 11.9 Å². The molecular formula is C21H19ClN2O3S. The van der Waals surface area contributed by atoms with Gasteiger partial charge in [-0.2, -0.15) is 0 Å². The Morgan fingerprint density at radius 1 is 1.14 bits per heavy atom. The van der Waals surface area contributed by atoms with Gasteiger partial charge in [0.15, 0.2) is 5.13 Å². The quantitative estimate of drug-likeness (QED) is 0.605. The topological polar surface area (TPSA) is 70.5 Å². The van der Waals surface area contributed by atoms with Crippen LogP contribution in [0.5, 0.6) is 0 Å². The van der Waals surface area contributed by atoms with Crippen molar-refractivity contribution in [1.82, 2.24) is 4.98 Å². The minimum atomic E-state index is -1.00. The number of anilines is 1. The number of benzene rings is 2. The summed E-state index contributed by atoms with van der Waals surface area (Å²) in [6.45, 7) is 0. The van der Waals surface area contributed by atoms with Crippen molar-refractivity contribution < 1.29 is 14.7 Å². The summed E-state index contributed by atoms with van der Waals surface area (Å²) in [6, 6.07) is 16.8. The van der Waals surface area contributed by atoms with Gasteiger partial charge in [0, 0.05) is 23.0 Å². The van der Waals surface area contributed by atoms with Crippen LogP contribution in [0.15, 0.2) is 60.0 Å². The standard InChI is InChI=1S/C21H19ClN2O3S/c1-24(21-23-18(13-28-21)16-9-5-6-10-17(16)22)20(27)15(12-19(25)26)11-14-7-3-2-4-8-14/h2-10,13,15H,11-12H2,1H3,(H,25,26)/t15-/m0/s1. The van der Waals surface area contributed by atoms with Crippen molar-refractivity contribution in [2.24, 2.45) is 5.92 Å². The summed E-state index contributed by atoms with van der Waals surface area (Å²) in [5.74, 6) is -1.94. The van der Waals surface area contributed by atoms with Crippen molar-refractivity contribution in [2.75, 3.05) is 11.9 Å². The molecule has 0 saturated carbocycles. The number of carboxylic acids is 1. The van der Waals surface area contributed by atoms with Gasteiger partial charge in [-0.05, 0) is 18.1 Å². The summed E-state index contributed by atoms with van der Waals surface area (Å²) < 4.78 is 0. The summed E-state index contributed by atoms with van der Waals surface area (Å²) in [5.41, 5.74) is 2.40. The molecule has 0 radical (unpaired) electrons. The molecule has 0 spiro atoms. The first kappa shape index (κ1) is 20.0. The molecule has 7 heteroatoms. The normalized spacial score (nSPS) is 11.8. The van der Waals surface area contributed by atoms with Crippen molar-refractivity contribution >= 4 is 39.9 Å². The van der Waals surface area contributed by atoms with E-state index in [4.69, 9.17) is 11.6 Å². The smallest absolute Gasteiger partial charge is 0.304 e. The van der Waals surface area contributed by atoms with E-state index in [1.165, 1.54) is 16.2 Å². The summed E-state index contributed by atoms with van der Waals surface area (Å²) in [5, 5.41) is 12.2. The van der Waals surface area contributed by atoms with Crippen LogP contribution in [0.1, 0.15) is 12.0 Å². The molecule has 0 aliphatic heterocycles. The van der Waals surface area contributed by atoms with E-state index in [2.05, 4.69) is 4.98 Å². The van der Waals surface area contributed by atoms with Crippen LogP contribution in [0.2, 0.25) is 5.02 Å². The van der Waals surface area contributed by atoms with Gasteiger partial charge in [-0.1, -0.05) is 60.1 Å². The number of carbonyl (C=O) groups is 2. The van der Waals surface area contributed by atoms with Gasteiger partial charge in [-0.25, -0.2) is 4.98 Å². The third-order valence-corrected chi connectivity index (χ3v) is 5.60. The number of aliphatic carboxylic acids is 1. The first-order chi connectivity index (χ1) is 13.5. The van der Waals surface area contributed by atoms with Crippen LogP contribution in [-0.2, 0) is 16.0 Å². The van der Waals surface area contributed by atoms with Gasteiger partial charge < -0.3 is 5.11 Å². The Hall–Kier alpha value is -2.70. The molecule has 2 aromatic carbocycles. The zero-order chi connectivity index (χ0) is 20.1. The molecule has 0 saturated heterocycles. The molecule has 5 nitrogen and oxygen atoms in total. The predicted molar refractivity (Wildman–Crippen MR) is 112 cm³/mol. The summed E-state index contributed by atoms with van der Waals surface area (Å²) >= 11 is 7.55. The van der Waals surface area contributed by atoms with Gasteiger partial charge in [0.05, 0.1) is 18.0 Å². The number of hydrogen-bond acceptors (Lipinski definition) is 4. The fourth-order valence-electron chi connectivity index (χ4n) is 2.94. The van der Waals surface area contributed by atoms with Crippen molar-refractivity contribution in [3.8, 4) is 11.3 Å². The predicted octanol–water partition coefficient (Wildman–Crippen LogP) is 4.76. The molecule has 28 heavy (non-hydrogen) atoms. The van der Waals surface area contributed by atoms with Crippen molar-refractivity contribution in [2.45, 2.75) is 12.8 Å². The second-order valence-corrected chi connectivity index (χ2v) is 7.62. The second kappa shape index (κ2) is 8.99. The van der Waals surface area contributed by atoms with E-state index in [-0.39, 0.29) is 12.3 Å². The lowest BCUT2D eigenvalue weighted by atomic mass is 9.95. The van der Waals surface area contributed by atoms with Crippen LogP contribution >= 0.6 is 22.9 Å². The van der Waals surface area contributed by atoms with E-state index >= 15 is 0 Å². The lowest BCUT2D eigenvalue weighted by Crippen LogP contribution is -2.35. The Morgan fingerprint density at radius 2 is 1.82 bits per heavy atom. The van der Waals surface area contributed by atoms with Gasteiger partial charge in [-0.3, -0.25) is 14.5 Å². The van der Waals surface area contributed by atoms with Crippen molar-refractivity contribution in [1.29, 1.82) is 0 Å². The summed E-state index contributed by atoms with van der Waals surface area (Å²) in [6.07, 6.45) is 0.125. The van der Waals surface area contributed by atoms with Gasteiger partial charge in [0.25, 0.3) is 0 Å². The first-order valence-electron chi connectivity index (χ1n) is 8.69. The molecule has 1 N–H and O–H groups in total. The van der Waals surface area contributed by atoms with Crippen LogP contribution in [0, 0.1) is 5.92 Å². The SMILES string of the molecule is CN(C(=O)[C@H](CC(=O)O)Cc1ccccc1)c1nc(-c2ccccc2Cl)cs1. The molecule has 144 valence electrons. The molecule has 0 aliphatic carbocycles. The molecule has 0 aliphatic rings. The minimum Gasteiger partial charge on any atom is -0.481 e. The molecule has 3 rings (SSSR count). The van der Waals surface area contributed by atoms with Gasteiger partial charge in [-0.15, -0.1) is 11.3 Å². The molecule has 1 heterocycles. The van der Waals surface area contributed by atoms with Gasteiger partial charge in [0.2, 0.25) is 5.91 Å². The maximum absolute atomic E-state index is 13.0. The number of aromatic nitrogens is 1. The Kier molecular flexibility index (Phi) is 6.44. The third kappa shape index (κ3) is 4.77. The molecule has 1 aromatic heterocycles. The average Bonchev–Trinajstić information content (AvgIpc) is 3.17. The Bertz CT molecular complexity index is 975. The maximum Gasteiger partial charge on any atom is 0.304 e. The van der Waals surface area contributed by atoms with Gasteiger partial charge in [0.1, 0.15) is 0 Å². The number of hydrogen-bond donors (Lipinski definition) is 1. The van der Waals surface area contributed by atoms with Crippen molar-refractivity contribution in [3.05, 3.63) is 70.6 Å². The zero-order valence-electron chi connectivity index (χ0n) is 15.2. The van der Waals surface area contributed by atoms with Crippen LogP contribution in [-0.4, -0.2) is 29.0 Å². The first-order valence-corrected chi connectivity index (χ1v) is 9.95. The molecular weight excluding hydrogens is 396 g/mol. The van der Waals surface area contributed by atoms with Gasteiger partial charge >= 0.3 is 5.97 Å². The Balaban J connectivity index is 1.81. The highest BCUT2D eigenvalue weighted by Crippen LogP contribution is 2.32. The number of halogens is 1. The molecule has 0 bridgehead atoms. The van der Waals surface area contributed by atoms with E-state index in [9.17, 15) is 14.7 Å². The van der Waals surface area contributed by atoms with E-state index in [0.29, 0.717) is 22.3 Å². The maximum atomic E-state index is 13.0. The van der Waals surface area contributed by atoms with E-state index in [1.807, 2.05) is 53.9 Å². The number of nitrogens with zero attached hydrogens (tertiary/aromatic N) is 2. The number of rotatable bonds is 7. The third-order valence-electron chi connectivity index (χ3n) is 4.35. The fraction of sp³-hybridized carbons (Fsp3) is 0.190. The average molecular weight is 415 g/mol. The number of carbonyl (C=O) groups excluding carboxylic acids is 1. The van der Waals surface area contributed by atoms with Crippen LogP contribution in [0.4, 0.5) is 5.13 Å². The number of amides is 1. The largest absolute Gasteiger partial charge is 0.481 e. The Labute approximate surface area is 172 Å². The number of thiazole rings is 1. The number of carboxylic acid groups (broad SMARTS) is 1. The van der Waals surface area contributed by atoms with Crippen LogP contribution in [0.3, 0.4) is 0 Å². The zero-order valence-corrected chi connectivity index (χ0v) is 16.8. The van der Waals surface area contributed by atoms with E-state index in [1.54, 1.807) is 13.1 Å².